The lowest BCUT2D eigenvalue weighted by molar-refractivity contribution is 0.0958. The molecule has 0 spiro atoms. The lowest BCUT2D eigenvalue weighted by atomic mass is 10.2. The number of carbonyl (C=O) groups is 1. The molecule has 2 aromatic carbocycles. The third kappa shape index (κ3) is 4.87. The molecule has 0 bridgehead atoms. The van der Waals surface area contributed by atoms with E-state index in [9.17, 15) is 9.18 Å². The maximum absolute atomic E-state index is 13.7. The highest BCUT2D eigenvalue weighted by Gasteiger charge is 2.14. The number of ether oxygens (including phenoxy) is 2. The number of halogens is 1. The number of hydrogen-bond acceptors (Lipinski definition) is 6. The molecule has 0 radical (unpaired) electrons. The molecule has 8 nitrogen and oxygen atoms in total. The van der Waals surface area contributed by atoms with Gasteiger partial charge in [0.05, 0.1) is 22.8 Å². The van der Waals surface area contributed by atoms with Gasteiger partial charge in [0.25, 0.3) is 5.91 Å². The summed E-state index contributed by atoms with van der Waals surface area (Å²) < 4.78 is 27.3. The van der Waals surface area contributed by atoms with E-state index in [0.717, 1.165) is 5.52 Å². The average molecular weight is 449 g/mol. The van der Waals surface area contributed by atoms with Crippen LogP contribution in [-0.2, 0) is 7.05 Å². The fourth-order valence-electron chi connectivity index (χ4n) is 3.29. The van der Waals surface area contributed by atoms with Gasteiger partial charge in [-0.05, 0) is 44.2 Å². The van der Waals surface area contributed by atoms with Gasteiger partial charge in [-0.25, -0.2) is 9.37 Å². The topological polar surface area (TPSA) is 90.3 Å². The zero-order chi connectivity index (χ0) is 23.5. The number of rotatable bonds is 7. The smallest absolute Gasteiger partial charge is 0.269 e. The first-order chi connectivity index (χ1) is 15.8. The Morgan fingerprint density at radius 1 is 1.09 bits per heavy atom. The van der Waals surface area contributed by atoms with Crippen LogP contribution in [0.4, 0.5) is 16.0 Å². The molecule has 2 heterocycles. The van der Waals surface area contributed by atoms with Crippen molar-refractivity contribution in [2.24, 2.45) is 7.05 Å². The Kier molecular flexibility index (Phi) is 6.12. The number of pyridine rings is 1. The minimum absolute atomic E-state index is 0.107. The number of imidazole rings is 1. The number of nitrogens with zero attached hydrogens (tertiary/aromatic N) is 3. The standard InChI is InChI=1S/C24H24FN5O3/c1-14(2)32-22-11-15(25)5-7-18(22)28-24-29-19-12-16(6-8-21(19)30(24)4)33-17-9-10-27-20(13-17)23(31)26-3/h5-14H,1-4H3,(H,26,31)(H,28,29). The van der Waals surface area contributed by atoms with Crippen molar-refractivity contribution in [1.29, 1.82) is 0 Å². The van der Waals surface area contributed by atoms with Gasteiger partial charge in [0.1, 0.15) is 28.8 Å². The van der Waals surface area contributed by atoms with E-state index in [4.69, 9.17) is 9.47 Å². The van der Waals surface area contributed by atoms with E-state index >= 15 is 0 Å². The Morgan fingerprint density at radius 3 is 2.64 bits per heavy atom. The lowest BCUT2D eigenvalue weighted by Crippen LogP contribution is -2.18. The van der Waals surface area contributed by atoms with Gasteiger partial charge in [0, 0.05) is 38.5 Å². The molecule has 2 aromatic heterocycles. The first kappa shape index (κ1) is 22.1. The van der Waals surface area contributed by atoms with Crippen LogP contribution in [0.3, 0.4) is 0 Å². The van der Waals surface area contributed by atoms with Crippen LogP contribution in [0.15, 0.2) is 54.7 Å². The number of hydrogen-bond donors (Lipinski definition) is 2. The van der Waals surface area contributed by atoms with Crippen molar-refractivity contribution in [2.45, 2.75) is 20.0 Å². The molecule has 9 heteroatoms. The molecule has 0 aliphatic heterocycles. The van der Waals surface area contributed by atoms with E-state index < -0.39 is 0 Å². The predicted octanol–water partition coefficient (Wildman–Crippen LogP) is 4.79. The molecule has 2 N–H and O–H groups in total. The van der Waals surface area contributed by atoms with Gasteiger partial charge in [-0.2, -0.15) is 0 Å². The summed E-state index contributed by atoms with van der Waals surface area (Å²) >= 11 is 0. The van der Waals surface area contributed by atoms with Crippen LogP contribution in [-0.4, -0.2) is 33.6 Å². The van der Waals surface area contributed by atoms with E-state index in [-0.39, 0.29) is 23.5 Å². The summed E-state index contributed by atoms with van der Waals surface area (Å²) in [5.41, 5.74) is 2.45. The molecule has 33 heavy (non-hydrogen) atoms. The molecular formula is C24H24FN5O3. The summed E-state index contributed by atoms with van der Waals surface area (Å²) in [4.78, 5) is 20.5. The first-order valence-corrected chi connectivity index (χ1v) is 10.4. The molecule has 0 atom stereocenters. The second-order valence-corrected chi connectivity index (χ2v) is 7.64. The summed E-state index contributed by atoms with van der Waals surface area (Å²) in [5, 5.41) is 5.76. The number of nitrogens with one attached hydrogen (secondary N) is 2. The minimum Gasteiger partial charge on any atom is -0.489 e. The van der Waals surface area contributed by atoms with Crippen LogP contribution in [0, 0.1) is 5.82 Å². The molecule has 0 fully saturated rings. The van der Waals surface area contributed by atoms with Crippen LogP contribution in [0.2, 0.25) is 0 Å². The predicted molar refractivity (Wildman–Crippen MR) is 124 cm³/mol. The summed E-state index contributed by atoms with van der Waals surface area (Å²) in [7, 11) is 3.42. The zero-order valence-electron chi connectivity index (χ0n) is 18.7. The Balaban J connectivity index is 1.61. The number of amides is 1. The fraction of sp³-hybridized carbons (Fsp3) is 0.208. The van der Waals surface area contributed by atoms with Crippen molar-refractivity contribution in [3.63, 3.8) is 0 Å². The Bertz CT molecular complexity index is 1320. The molecule has 0 saturated heterocycles. The molecule has 0 aliphatic rings. The molecule has 0 saturated carbocycles. The molecule has 170 valence electrons. The summed E-state index contributed by atoms with van der Waals surface area (Å²) in [6.45, 7) is 3.76. The van der Waals surface area contributed by atoms with Gasteiger partial charge in [-0.3, -0.25) is 9.78 Å². The van der Waals surface area contributed by atoms with Crippen LogP contribution in [0.5, 0.6) is 17.2 Å². The highest BCUT2D eigenvalue weighted by atomic mass is 19.1. The fourth-order valence-corrected chi connectivity index (χ4v) is 3.29. The molecule has 0 aliphatic carbocycles. The van der Waals surface area contributed by atoms with Crippen molar-refractivity contribution in [3.05, 3.63) is 66.2 Å². The Labute approximate surface area is 190 Å². The molecule has 4 rings (SSSR count). The van der Waals surface area contributed by atoms with Crippen molar-refractivity contribution in [3.8, 4) is 17.2 Å². The number of fused-ring (bicyclic) bond motifs is 1. The van der Waals surface area contributed by atoms with Crippen LogP contribution in [0.25, 0.3) is 11.0 Å². The second kappa shape index (κ2) is 9.15. The highest BCUT2D eigenvalue weighted by Crippen LogP contribution is 2.32. The molecule has 1 amide bonds. The first-order valence-electron chi connectivity index (χ1n) is 10.4. The third-order valence-corrected chi connectivity index (χ3v) is 4.83. The summed E-state index contributed by atoms with van der Waals surface area (Å²) in [6.07, 6.45) is 1.41. The van der Waals surface area contributed by atoms with E-state index in [1.54, 1.807) is 31.3 Å². The maximum atomic E-state index is 13.7. The van der Waals surface area contributed by atoms with Crippen LogP contribution in [0.1, 0.15) is 24.3 Å². The average Bonchev–Trinajstić information content (AvgIpc) is 3.09. The number of aryl methyl sites for hydroxylation is 1. The summed E-state index contributed by atoms with van der Waals surface area (Å²) in [5.74, 6) is 1.35. The van der Waals surface area contributed by atoms with E-state index in [1.807, 2.05) is 37.6 Å². The van der Waals surface area contributed by atoms with Crippen molar-refractivity contribution < 1.29 is 18.7 Å². The largest absolute Gasteiger partial charge is 0.489 e. The lowest BCUT2D eigenvalue weighted by Gasteiger charge is -2.15. The van der Waals surface area contributed by atoms with Crippen molar-refractivity contribution >= 4 is 28.6 Å². The molecule has 0 unspecified atom stereocenters. The third-order valence-electron chi connectivity index (χ3n) is 4.83. The second-order valence-electron chi connectivity index (χ2n) is 7.64. The molecular weight excluding hydrogens is 425 g/mol. The Morgan fingerprint density at radius 2 is 1.88 bits per heavy atom. The summed E-state index contributed by atoms with van der Waals surface area (Å²) in [6, 6.07) is 13.1. The van der Waals surface area contributed by atoms with Gasteiger partial charge in [-0.15, -0.1) is 0 Å². The highest BCUT2D eigenvalue weighted by molar-refractivity contribution is 5.92. The van der Waals surface area contributed by atoms with Gasteiger partial charge in [0.2, 0.25) is 5.95 Å². The SMILES string of the molecule is CNC(=O)c1cc(Oc2ccc3c(c2)nc(Nc2ccc(F)cc2OC(C)C)n3C)ccn1. The maximum Gasteiger partial charge on any atom is 0.269 e. The van der Waals surface area contributed by atoms with Crippen molar-refractivity contribution in [2.75, 3.05) is 12.4 Å². The minimum atomic E-state index is -0.376. The van der Waals surface area contributed by atoms with Gasteiger partial charge in [-0.1, -0.05) is 0 Å². The van der Waals surface area contributed by atoms with Gasteiger partial charge in [0.15, 0.2) is 0 Å². The van der Waals surface area contributed by atoms with Crippen LogP contribution < -0.4 is 20.1 Å². The van der Waals surface area contributed by atoms with Gasteiger partial charge >= 0.3 is 0 Å². The zero-order valence-corrected chi connectivity index (χ0v) is 18.7. The number of aromatic nitrogens is 3. The molecule has 4 aromatic rings. The van der Waals surface area contributed by atoms with Crippen LogP contribution >= 0.6 is 0 Å². The van der Waals surface area contributed by atoms with Crippen molar-refractivity contribution in [1.82, 2.24) is 19.9 Å². The van der Waals surface area contributed by atoms with E-state index in [0.29, 0.717) is 34.4 Å². The number of anilines is 2. The quantitative estimate of drug-likeness (QED) is 0.422. The van der Waals surface area contributed by atoms with E-state index in [2.05, 4.69) is 20.6 Å². The monoisotopic (exact) mass is 449 g/mol. The van der Waals surface area contributed by atoms with Gasteiger partial charge < -0.3 is 24.7 Å². The number of benzene rings is 2. The normalized spacial score (nSPS) is 11.0. The Hall–Kier alpha value is -4.14. The number of carbonyl (C=O) groups excluding carboxylic acids is 1. The van der Waals surface area contributed by atoms with E-state index in [1.165, 1.54) is 18.3 Å².